The zero-order valence-electron chi connectivity index (χ0n) is 9.05. The summed E-state index contributed by atoms with van der Waals surface area (Å²) in [5.41, 5.74) is 5.11. The molecule has 1 saturated heterocycles. The number of carbonyl (C=O) groups is 1. The van der Waals surface area contributed by atoms with Crippen LogP contribution in [0.5, 0.6) is 0 Å². The van der Waals surface area contributed by atoms with Crippen LogP contribution >= 0.6 is 0 Å². The van der Waals surface area contributed by atoms with Crippen molar-refractivity contribution in [2.75, 3.05) is 26.7 Å². The van der Waals surface area contributed by atoms with Crippen molar-refractivity contribution in [3.8, 4) is 0 Å². The fourth-order valence-corrected chi connectivity index (χ4v) is 1.70. The van der Waals surface area contributed by atoms with E-state index in [1.54, 1.807) is 0 Å². The van der Waals surface area contributed by atoms with Crippen LogP contribution in [0.25, 0.3) is 0 Å². The quantitative estimate of drug-likeness (QED) is 0.345. The lowest BCUT2D eigenvalue weighted by atomic mass is 10.1. The van der Waals surface area contributed by atoms with Gasteiger partial charge in [-0.05, 0) is 19.9 Å². The molecule has 0 bridgehead atoms. The molecule has 5 N–H and O–H groups in total. The molecule has 0 unspecified atom stereocenters. The van der Waals surface area contributed by atoms with Crippen LogP contribution in [0.2, 0.25) is 0 Å². The summed E-state index contributed by atoms with van der Waals surface area (Å²) in [6.45, 7) is 1.69. The lowest BCUT2D eigenvalue weighted by Gasteiger charge is -2.31. The first kappa shape index (κ1) is 11.8. The summed E-state index contributed by atoms with van der Waals surface area (Å²) in [5.74, 6) is -0.145. The number of carbonyl (C=O) groups excluding carboxylic acids is 1. The summed E-state index contributed by atoms with van der Waals surface area (Å²) in [4.78, 5) is 13.4. The summed E-state index contributed by atoms with van der Waals surface area (Å²) >= 11 is 0. The van der Waals surface area contributed by atoms with Crippen molar-refractivity contribution in [2.24, 2.45) is 5.73 Å². The molecule has 0 saturated carbocycles. The van der Waals surface area contributed by atoms with E-state index in [0.29, 0.717) is 6.04 Å². The van der Waals surface area contributed by atoms with E-state index in [1.807, 2.05) is 11.9 Å². The summed E-state index contributed by atoms with van der Waals surface area (Å²) in [5, 5.41) is 12.7. The highest BCUT2D eigenvalue weighted by molar-refractivity contribution is 5.84. The Hall–Kier alpha value is -1.30. The van der Waals surface area contributed by atoms with Gasteiger partial charge >= 0.3 is 0 Å². The first-order valence-corrected chi connectivity index (χ1v) is 5.16. The molecule has 6 nitrogen and oxygen atoms in total. The molecule has 0 aromatic carbocycles. The largest absolute Gasteiger partial charge is 0.370 e. The maximum absolute atomic E-state index is 11.6. The summed E-state index contributed by atoms with van der Waals surface area (Å²) in [7, 11) is 1.94. The van der Waals surface area contributed by atoms with Crippen LogP contribution in [-0.2, 0) is 4.79 Å². The first-order valence-electron chi connectivity index (χ1n) is 5.16. The third-order valence-corrected chi connectivity index (χ3v) is 2.69. The van der Waals surface area contributed by atoms with Gasteiger partial charge in [0.15, 0.2) is 5.96 Å². The second kappa shape index (κ2) is 5.55. The summed E-state index contributed by atoms with van der Waals surface area (Å²) < 4.78 is 0. The predicted molar refractivity (Wildman–Crippen MR) is 58.6 cm³/mol. The van der Waals surface area contributed by atoms with Gasteiger partial charge in [-0.15, -0.1) is 0 Å². The molecule has 1 aliphatic rings. The highest BCUT2D eigenvalue weighted by Gasteiger charge is 2.21. The van der Waals surface area contributed by atoms with E-state index in [4.69, 9.17) is 11.1 Å². The highest BCUT2D eigenvalue weighted by Crippen LogP contribution is 2.09. The Morgan fingerprint density at radius 1 is 1.53 bits per heavy atom. The van der Waals surface area contributed by atoms with Crippen LogP contribution in [0.3, 0.4) is 0 Å². The monoisotopic (exact) mass is 213 g/mol. The van der Waals surface area contributed by atoms with Crippen molar-refractivity contribution in [1.82, 2.24) is 15.5 Å². The number of nitrogens with zero attached hydrogens (tertiary/aromatic N) is 1. The maximum Gasteiger partial charge on any atom is 0.241 e. The highest BCUT2D eigenvalue weighted by atomic mass is 16.2. The van der Waals surface area contributed by atoms with E-state index in [2.05, 4.69) is 10.6 Å². The van der Waals surface area contributed by atoms with Crippen molar-refractivity contribution >= 4 is 11.9 Å². The van der Waals surface area contributed by atoms with E-state index in [-0.39, 0.29) is 18.4 Å². The molecule has 0 atom stereocenters. The molecule has 1 fully saturated rings. The van der Waals surface area contributed by atoms with Crippen molar-refractivity contribution in [1.29, 1.82) is 5.41 Å². The summed E-state index contributed by atoms with van der Waals surface area (Å²) in [6.07, 6.45) is 1.98. The molecule has 0 spiro atoms. The SMILES string of the molecule is CNC1CCN(C(=O)CNC(=N)N)CC1. The molecule has 0 radical (unpaired) electrons. The standard InChI is InChI=1S/C9H19N5O/c1-12-7-2-4-14(5-3-7)8(15)6-13-9(10)11/h7,12H,2-6H2,1H3,(H4,10,11,13). The van der Waals surface area contributed by atoms with Crippen LogP contribution in [0, 0.1) is 5.41 Å². The van der Waals surface area contributed by atoms with Gasteiger partial charge in [0.1, 0.15) is 0 Å². The number of amides is 1. The molecule has 1 rings (SSSR count). The second-order valence-corrected chi connectivity index (χ2v) is 3.71. The molecule has 0 aromatic heterocycles. The average Bonchev–Trinajstić information content (AvgIpc) is 2.26. The van der Waals surface area contributed by atoms with Gasteiger partial charge in [0, 0.05) is 19.1 Å². The van der Waals surface area contributed by atoms with Gasteiger partial charge in [0.05, 0.1) is 6.54 Å². The van der Waals surface area contributed by atoms with Gasteiger partial charge in [-0.2, -0.15) is 0 Å². The Morgan fingerprint density at radius 2 is 2.13 bits per heavy atom. The lowest BCUT2D eigenvalue weighted by molar-refractivity contribution is -0.131. The predicted octanol–water partition coefficient (Wildman–Crippen LogP) is -1.32. The number of likely N-dealkylation sites (tertiary alicyclic amines) is 1. The van der Waals surface area contributed by atoms with E-state index in [9.17, 15) is 4.79 Å². The molecule has 0 aromatic rings. The number of guanidine groups is 1. The minimum Gasteiger partial charge on any atom is -0.370 e. The van der Waals surface area contributed by atoms with Gasteiger partial charge in [0.25, 0.3) is 0 Å². The topological polar surface area (TPSA) is 94.2 Å². The van der Waals surface area contributed by atoms with Crippen molar-refractivity contribution < 1.29 is 4.79 Å². The Bertz CT molecular complexity index is 235. The van der Waals surface area contributed by atoms with Crippen LogP contribution in [0.4, 0.5) is 0 Å². The normalized spacial score (nSPS) is 17.5. The van der Waals surface area contributed by atoms with Gasteiger partial charge in [-0.25, -0.2) is 0 Å². The number of hydrogen-bond acceptors (Lipinski definition) is 3. The van der Waals surface area contributed by atoms with E-state index in [0.717, 1.165) is 25.9 Å². The van der Waals surface area contributed by atoms with E-state index >= 15 is 0 Å². The zero-order valence-corrected chi connectivity index (χ0v) is 9.05. The Balaban J connectivity index is 2.27. The minimum absolute atomic E-state index is 0.0137. The fourth-order valence-electron chi connectivity index (χ4n) is 1.70. The van der Waals surface area contributed by atoms with Gasteiger partial charge in [-0.1, -0.05) is 0 Å². The molecule has 15 heavy (non-hydrogen) atoms. The molecule has 1 aliphatic heterocycles. The van der Waals surface area contributed by atoms with Gasteiger partial charge in [0.2, 0.25) is 5.91 Å². The molecule has 6 heteroatoms. The van der Waals surface area contributed by atoms with Crippen LogP contribution in [-0.4, -0.2) is 49.5 Å². The molecular weight excluding hydrogens is 194 g/mol. The first-order chi connectivity index (χ1) is 7.13. The third kappa shape index (κ3) is 3.75. The minimum atomic E-state index is -0.159. The maximum atomic E-state index is 11.6. The number of piperidine rings is 1. The Kier molecular flexibility index (Phi) is 4.36. The summed E-state index contributed by atoms with van der Waals surface area (Å²) in [6, 6.07) is 0.523. The smallest absolute Gasteiger partial charge is 0.241 e. The molecule has 0 aliphatic carbocycles. The number of rotatable bonds is 3. The number of nitrogens with one attached hydrogen (secondary N) is 3. The zero-order chi connectivity index (χ0) is 11.3. The Labute approximate surface area is 89.7 Å². The van der Waals surface area contributed by atoms with Crippen LogP contribution < -0.4 is 16.4 Å². The van der Waals surface area contributed by atoms with Gasteiger partial charge in [-0.3, -0.25) is 10.2 Å². The third-order valence-electron chi connectivity index (χ3n) is 2.69. The Morgan fingerprint density at radius 3 is 2.60 bits per heavy atom. The molecule has 1 heterocycles. The second-order valence-electron chi connectivity index (χ2n) is 3.71. The lowest BCUT2D eigenvalue weighted by Crippen LogP contribution is -2.48. The molecular formula is C9H19N5O. The van der Waals surface area contributed by atoms with Crippen LogP contribution in [0.15, 0.2) is 0 Å². The van der Waals surface area contributed by atoms with Gasteiger partial charge < -0.3 is 21.3 Å². The number of hydrogen-bond donors (Lipinski definition) is 4. The number of nitrogens with two attached hydrogens (primary N) is 1. The molecule has 1 amide bonds. The fraction of sp³-hybridized carbons (Fsp3) is 0.778. The van der Waals surface area contributed by atoms with Crippen LogP contribution in [0.1, 0.15) is 12.8 Å². The van der Waals surface area contributed by atoms with E-state index in [1.165, 1.54) is 0 Å². The van der Waals surface area contributed by atoms with Crippen molar-refractivity contribution in [2.45, 2.75) is 18.9 Å². The van der Waals surface area contributed by atoms with E-state index < -0.39 is 0 Å². The van der Waals surface area contributed by atoms with Crippen molar-refractivity contribution in [3.05, 3.63) is 0 Å². The molecule has 86 valence electrons. The average molecular weight is 213 g/mol. The van der Waals surface area contributed by atoms with Crippen molar-refractivity contribution in [3.63, 3.8) is 0 Å².